The maximum absolute atomic E-state index is 12.3. The number of rotatable bonds is 10. The number of hydrogen-bond donors (Lipinski definition) is 4. The molecule has 2 aromatic carbocycles. The molecule has 4 atom stereocenters. The standard InChI is InChI=1S/C28H37N3O7/c1-2-36-26(34)15-29-28(35)30-22-6-3-5-21(13-22)27-37-24(16-31-12-4-7-23(31)18-33)14-25(38-27)20-10-8-19(17-32)9-11-20/h3,5-6,8-11,13,23-25,27,32-33H,2,4,7,12,14-18H2,1H3,(H2,29,30,35)/t23-,24+,25-,27-/m0/s1. The second kappa shape index (κ2) is 13.7. The van der Waals surface area contributed by atoms with Crippen LogP contribution in [0, 0.1) is 0 Å². The van der Waals surface area contributed by atoms with Gasteiger partial charge in [-0.1, -0.05) is 36.4 Å². The van der Waals surface area contributed by atoms with Gasteiger partial charge in [0.15, 0.2) is 6.29 Å². The Kier molecular flexibility index (Phi) is 10.1. The van der Waals surface area contributed by atoms with Crippen LogP contribution in [0.25, 0.3) is 0 Å². The summed E-state index contributed by atoms with van der Waals surface area (Å²) in [5.41, 5.74) is 3.10. The van der Waals surface area contributed by atoms with Crippen molar-refractivity contribution in [2.24, 2.45) is 0 Å². The topological polar surface area (TPSA) is 130 Å². The van der Waals surface area contributed by atoms with E-state index in [0.29, 0.717) is 18.7 Å². The van der Waals surface area contributed by atoms with Crippen LogP contribution < -0.4 is 10.6 Å². The fraction of sp³-hybridized carbons (Fsp3) is 0.500. The molecule has 0 radical (unpaired) electrons. The van der Waals surface area contributed by atoms with E-state index in [1.807, 2.05) is 30.3 Å². The molecule has 38 heavy (non-hydrogen) atoms. The summed E-state index contributed by atoms with van der Waals surface area (Å²) in [4.78, 5) is 26.1. The molecule has 2 fully saturated rings. The zero-order valence-electron chi connectivity index (χ0n) is 21.7. The first-order valence-corrected chi connectivity index (χ1v) is 13.1. The highest BCUT2D eigenvalue weighted by Gasteiger charge is 2.35. The quantitative estimate of drug-likeness (QED) is 0.347. The van der Waals surface area contributed by atoms with Gasteiger partial charge >= 0.3 is 12.0 Å². The van der Waals surface area contributed by atoms with E-state index >= 15 is 0 Å². The van der Waals surface area contributed by atoms with Gasteiger partial charge in [-0.05, 0) is 49.6 Å². The summed E-state index contributed by atoms with van der Waals surface area (Å²) in [6, 6.07) is 14.5. The lowest BCUT2D eigenvalue weighted by atomic mass is 9.99. The van der Waals surface area contributed by atoms with Crippen LogP contribution in [-0.2, 0) is 25.6 Å². The maximum Gasteiger partial charge on any atom is 0.325 e. The Labute approximate surface area is 222 Å². The molecule has 0 bridgehead atoms. The number of anilines is 1. The van der Waals surface area contributed by atoms with Crippen molar-refractivity contribution >= 4 is 17.7 Å². The number of amides is 2. The molecule has 0 saturated carbocycles. The van der Waals surface area contributed by atoms with Crippen LogP contribution in [0.15, 0.2) is 48.5 Å². The summed E-state index contributed by atoms with van der Waals surface area (Å²) < 4.78 is 17.6. The van der Waals surface area contributed by atoms with Gasteiger partial charge in [0.05, 0.1) is 32.0 Å². The lowest BCUT2D eigenvalue weighted by molar-refractivity contribution is -0.253. The van der Waals surface area contributed by atoms with Crippen molar-refractivity contribution in [2.75, 3.05) is 38.2 Å². The third kappa shape index (κ3) is 7.52. The maximum atomic E-state index is 12.3. The van der Waals surface area contributed by atoms with Gasteiger partial charge in [-0.25, -0.2) is 4.79 Å². The number of urea groups is 1. The molecule has 4 N–H and O–H groups in total. The van der Waals surface area contributed by atoms with Crippen LogP contribution in [0.3, 0.4) is 0 Å². The Bertz CT molecular complexity index is 1060. The highest BCUT2D eigenvalue weighted by Crippen LogP contribution is 2.39. The molecular weight excluding hydrogens is 490 g/mol. The molecule has 0 aliphatic carbocycles. The lowest BCUT2D eigenvalue weighted by Crippen LogP contribution is -2.42. The zero-order chi connectivity index (χ0) is 26.9. The number of carbonyl (C=O) groups excluding carboxylic acids is 2. The Hall–Kier alpha value is -3.02. The van der Waals surface area contributed by atoms with E-state index in [2.05, 4.69) is 15.5 Å². The van der Waals surface area contributed by atoms with Gasteiger partial charge < -0.3 is 35.1 Å². The summed E-state index contributed by atoms with van der Waals surface area (Å²) in [7, 11) is 0. The fourth-order valence-electron chi connectivity index (χ4n) is 4.94. The van der Waals surface area contributed by atoms with Crippen molar-refractivity contribution in [3.05, 3.63) is 65.2 Å². The average molecular weight is 528 g/mol. The minimum Gasteiger partial charge on any atom is -0.465 e. The Balaban J connectivity index is 1.48. The predicted octanol–water partition coefficient (Wildman–Crippen LogP) is 2.87. The van der Waals surface area contributed by atoms with Crippen molar-refractivity contribution in [3.63, 3.8) is 0 Å². The summed E-state index contributed by atoms with van der Waals surface area (Å²) in [5.74, 6) is -0.508. The smallest absolute Gasteiger partial charge is 0.325 e. The molecule has 2 aliphatic rings. The van der Waals surface area contributed by atoms with E-state index in [9.17, 15) is 19.8 Å². The molecule has 2 aromatic rings. The highest BCUT2D eigenvalue weighted by molar-refractivity contribution is 5.91. The molecule has 2 amide bonds. The molecule has 0 spiro atoms. The number of esters is 1. The predicted molar refractivity (Wildman–Crippen MR) is 140 cm³/mol. The molecule has 10 heteroatoms. The summed E-state index contributed by atoms with van der Waals surface area (Å²) in [6.45, 7) is 3.44. The number of nitrogens with zero attached hydrogens (tertiary/aromatic N) is 1. The number of aliphatic hydroxyl groups excluding tert-OH is 2. The Morgan fingerprint density at radius 2 is 1.92 bits per heavy atom. The first-order valence-electron chi connectivity index (χ1n) is 13.1. The van der Waals surface area contributed by atoms with E-state index in [1.54, 1.807) is 25.1 Å². The number of carbonyl (C=O) groups is 2. The van der Waals surface area contributed by atoms with E-state index < -0.39 is 18.3 Å². The number of benzene rings is 2. The van der Waals surface area contributed by atoms with Crippen molar-refractivity contribution in [3.8, 4) is 0 Å². The SMILES string of the molecule is CCOC(=O)CNC(=O)Nc1cccc([C@H]2O[C@@H](CN3CCC[C@H]3CO)C[C@@H](c3ccc(CO)cc3)O2)c1. The Morgan fingerprint density at radius 3 is 2.66 bits per heavy atom. The Morgan fingerprint density at radius 1 is 1.11 bits per heavy atom. The van der Waals surface area contributed by atoms with Gasteiger partial charge in [0.1, 0.15) is 6.54 Å². The zero-order valence-corrected chi connectivity index (χ0v) is 21.7. The third-order valence-electron chi connectivity index (χ3n) is 6.88. The van der Waals surface area contributed by atoms with Gasteiger partial charge in [0, 0.05) is 30.3 Å². The van der Waals surface area contributed by atoms with Crippen LogP contribution in [0.1, 0.15) is 55.3 Å². The van der Waals surface area contributed by atoms with Gasteiger partial charge in [-0.15, -0.1) is 0 Å². The molecule has 0 unspecified atom stereocenters. The second-order valence-electron chi connectivity index (χ2n) is 9.56. The summed E-state index contributed by atoms with van der Waals surface area (Å²) in [5, 5.41) is 24.4. The van der Waals surface area contributed by atoms with Gasteiger partial charge in [0.2, 0.25) is 0 Å². The van der Waals surface area contributed by atoms with Gasteiger partial charge in [-0.2, -0.15) is 0 Å². The van der Waals surface area contributed by atoms with Crippen LogP contribution >= 0.6 is 0 Å². The number of aliphatic hydroxyl groups is 2. The molecule has 206 valence electrons. The van der Waals surface area contributed by atoms with Gasteiger partial charge in [-0.3, -0.25) is 9.69 Å². The van der Waals surface area contributed by atoms with E-state index in [-0.39, 0.29) is 44.6 Å². The molecule has 4 rings (SSSR count). The fourth-order valence-corrected chi connectivity index (χ4v) is 4.94. The van der Waals surface area contributed by atoms with Gasteiger partial charge in [0.25, 0.3) is 0 Å². The van der Waals surface area contributed by atoms with Crippen LogP contribution in [0.5, 0.6) is 0 Å². The molecular formula is C28H37N3O7. The monoisotopic (exact) mass is 527 g/mol. The van der Waals surface area contributed by atoms with Crippen LogP contribution in [-0.4, -0.2) is 72.1 Å². The second-order valence-corrected chi connectivity index (χ2v) is 9.56. The van der Waals surface area contributed by atoms with Crippen LogP contribution in [0.2, 0.25) is 0 Å². The first-order chi connectivity index (χ1) is 18.5. The summed E-state index contributed by atoms with van der Waals surface area (Å²) in [6.07, 6.45) is 1.64. The van der Waals surface area contributed by atoms with Crippen molar-refractivity contribution < 1.29 is 34.0 Å². The van der Waals surface area contributed by atoms with E-state index in [0.717, 1.165) is 36.1 Å². The number of nitrogens with one attached hydrogen (secondary N) is 2. The van der Waals surface area contributed by atoms with Crippen molar-refractivity contribution in [1.82, 2.24) is 10.2 Å². The molecule has 2 aliphatic heterocycles. The molecule has 2 saturated heterocycles. The normalized spacial score (nSPS) is 23.7. The highest BCUT2D eigenvalue weighted by atomic mass is 16.7. The number of likely N-dealkylation sites (tertiary alicyclic amines) is 1. The van der Waals surface area contributed by atoms with E-state index in [4.69, 9.17) is 14.2 Å². The number of ether oxygens (including phenoxy) is 3. The average Bonchev–Trinajstić information content (AvgIpc) is 3.39. The van der Waals surface area contributed by atoms with Crippen LogP contribution in [0.4, 0.5) is 10.5 Å². The van der Waals surface area contributed by atoms with Crippen molar-refractivity contribution in [1.29, 1.82) is 0 Å². The molecule has 2 heterocycles. The van der Waals surface area contributed by atoms with E-state index in [1.165, 1.54) is 0 Å². The lowest BCUT2D eigenvalue weighted by Gasteiger charge is -2.38. The largest absolute Gasteiger partial charge is 0.465 e. The first kappa shape index (κ1) is 28.0. The summed E-state index contributed by atoms with van der Waals surface area (Å²) >= 11 is 0. The molecule has 10 nitrogen and oxygen atoms in total. The third-order valence-corrected chi connectivity index (χ3v) is 6.88. The molecule has 0 aromatic heterocycles. The minimum absolute atomic E-state index is 0.0230. The van der Waals surface area contributed by atoms with Crippen molar-refractivity contribution in [2.45, 2.75) is 57.3 Å². The number of hydrogen-bond acceptors (Lipinski definition) is 8. The minimum atomic E-state index is -0.671.